The Balaban J connectivity index is 3.22. The van der Waals surface area contributed by atoms with Gasteiger partial charge in [0, 0.05) is 6.07 Å². The Labute approximate surface area is 80.0 Å². The Hall–Kier alpha value is -0.880. The Kier molecular flexibility index (Phi) is 2.69. The minimum absolute atomic E-state index is 0.215. The van der Waals surface area contributed by atoms with Gasteiger partial charge in [-0.2, -0.15) is 17.7 Å². The van der Waals surface area contributed by atoms with Crippen LogP contribution in [0.4, 0.5) is 13.2 Å². The molecule has 0 aliphatic carbocycles. The van der Waals surface area contributed by atoms with Gasteiger partial charge in [0.15, 0.2) is 4.90 Å². The third-order valence-electron chi connectivity index (χ3n) is 1.60. The van der Waals surface area contributed by atoms with Crippen LogP contribution < -0.4 is 0 Å². The molecule has 0 saturated carbocycles. The average molecular weight is 225 g/mol. The predicted molar refractivity (Wildman–Crippen MR) is 46.3 cm³/mol. The number of rotatable bonds is 1. The van der Waals surface area contributed by atoms with Crippen LogP contribution in [0.5, 0.6) is 0 Å². The molecule has 1 atom stereocenters. The topological polar surface area (TPSA) is 37.3 Å². The van der Waals surface area contributed by atoms with Crippen molar-refractivity contribution >= 4 is 10.2 Å². The Morgan fingerprint density at radius 2 is 1.93 bits per heavy atom. The van der Waals surface area contributed by atoms with Crippen molar-refractivity contribution in [3.63, 3.8) is 0 Å². The second-order valence-corrected chi connectivity index (χ2v) is 4.90. The van der Waals surface area contributed by atoms with Crippen molar-refractivity contribution in [2.75, 3.05) is 6.26 Å². The highest BCUT2D eigenvalue weighted by molar-refractivity contribution is 7.97. The van der Waals surface area contributed by atoms with E-state index >= 15 is 0 Å². The molecule has 6 heteroatoms. The quantitative estimate of drug-likeness (QED) is 0.746. The molecule has 0 bridgehead atoms. The molecule has 0 aliphatic heterocycles. The van der Waals surface area contributed by atoms with Gasteiger partial charge in [-0.15, -0.1) is 0 Å². The van der Waals surface area contributed by atoms with Crippen molar-refractivity contribution in [1.82, 2.24) is 0 Å². The zero-order chi connectivity index (χ0) is 11.0. The van der Waals surface area contributed by atoms with Gasteiger partial charge in [-0.05, 0) is 12.1 Å². The van der Waals surface area contributed by atoms with Crippen LogP contribution in [0.2, 0.25) is 0 Å². The zero-order valence-corrected chi connectivity index (χ0v) is 8.02. The molecule has 1 unspecified atom stereocenters. The van der Waals surface area contributed by atoms with Crippen LogP contribution >= 0.6 is 0 Å². The number of benzene rings is 1. The zero-order valence-electron chi connectivity index (χ0n) is 7.21. The maximum Gasteiger partial charge on any atom is 0.416 e. The van der Waals surface area contributed by atoms with E-state index in [2.05, 4.69) is 0 Å². The second-order valence-electron chi connectivity index (χ2n) is 2.83. The summed E-state index contributed by atoms with van der Waals surface area (Å²) >= 11 is 0. The summed E-state index contributed by atoms with van der Waals surface area (Å²) in [6, 6.07) is 3.84. The molecule has 1 rings (SSSR count). The number of halogens is 3. The van der Waals surface area contributed by atoms with E-state index in [9.17, 15) is 17.4 Å². The molecule has 1 aromatic carbocycles. The first-order valence-electron chi connectivity index (χ1n) is 3.60. The molecule has 0 amide bonds. The lowest BCUT2D eigenvalue weighted by Crippen LogP contribution is -2.10. The van der Waals surface area contributed by atoms with Crippen LogP contribution in [0.1, 0.15) is 5.56 Å². The van der Waals surface area contributed by atoms with Crippen molar-refractivity contribution in [1.29, 1.82) is 0 Å². The van der Waals surface area contributed by atoms with E-state index in [0.29, 0.717) is 6.07 Å². The highest BCUT2D eigenvalue weighted by Crippen LogP contribution is 2.30. The fraction of sp³-hybridized carbons (Fsp3) is 0.250. The first-order valence-corrected chi connectivity index (χ1v) is 5.52. The Morgan fingerprint density at radius 3 is 2.36 bits per heavy atom. The van der Waals surface area contributed by atoms with Crippen molar-refractivity contribution in [3.8, 4) is 0 Å². The highest BCUT2D eigenvalue weighted by atomic mass is 32.3. The van der Waals surface area contributed by atoms with Gasteiger partial charge in [-0.25, -0.2) is 0 Å². The van der Waals surface area contributed by atoms with E-state index in [1.165, 1.54) is 6.07 Å². The van der Waals surface area contributed by atoms with E-state index in [1.54, 1.807) is 0 Å². The second kappa shape index (κ2) is 3.36. The van der Waals surface area contributed by atoms with Gasteiger partial charge in [-0.3, -0.25) is 0 Å². The summed E-state index contributed by atoms with van der Waals surface area (Å²) in [5, 5.41) is 0. The van der Waals surface area contributed by atoms with Crippen LogP contribution in [-0.4, -0.2) is 10.8 Å². The maximum atomic E-state index is 12.2. The van der Waals surface area contributed by atoms with Gasteiger partial charge < -0.3 is 0 Å². The number of alkyl halides is 3. The molecule has 0 spiro atoms. The summed E-state index contributed by atoms with van der Waals surface area (Å²) in [5.74, 6) is 0. The molecule has 0 aliphatic rings. The van der Waals surface area contributed by atoms with Gasteiger partial charge >= 0.3 is 6.18 Å². The predicted octanol–water partition coefficient (Wildman–Crippen LogP) is 2.67. The fourth-order valence-corrected chi connectivity index (χ4v) is 1.58. The van der Waals surface area contributed by atoms with Crippen LogP contribution in [0.15, 0.2) is 29.2 Å². The van der Waals surface area contributed by atoms with E-state index in [4.69, 9.17) is 4.55 Å². The molecule has 78 valence electrons. The molecule has 2 nitrogen and oxygen atoms in total. The normalized spacial score (nSPS) is 16.4. The minimum Gasteiger partial charge on any atom is -0.183 e. The summed E-state index contributed by atoms with van der Waals surface area (Å²) in [6.07, 6.45) is -3.51. The van der Waals surface area contributed by atoms with Crippen LogP contribution in [0, 0.1) is 0 Å². The third-order valence-corrected chi connectivity index (χ3v) is 2.73. The molecule has 0 heterocycles. The van der Waals surface area contributed by atoms with Crippen molar-refractivity contribution < 1.29 is 21.9 Å². The van der Waals surface area contributed by atoms with E-state index < -0.39 is 22.0 Å². The van der Waals surface area contributed by atoms with Gasteiger partial charge in [0.05, 0.1) is 5.56 Å². The number of hydrogen-bond donors (Lipinski definition) is 1. The van der Waals surface area contributed by atoms with Crippen LogP contribution in [-0.2, 0) is 20.6 Å². The largest absolute Gasteiger partial charge is 0.416 e. The Morgan fingerprint density at radius 1 is 1.36 bits per heavy atom. The average Bonchev–Trinajstić information content (AvgIpc) is 2.01. The first-order chi connectivity index (χ1) is 6.21. The smallest absolute Gasteiger partial charge is 0.183 e. The summed E-state index contributed by atoms with van der Waals surface area (Å²) in [4.78, 5) is -0.215. The summed E-state index contributed by atoms with van der Waals surface area (Å²) < 4.78 is 56.6. The molecule has 0 saturated heterocycles. The minimum atomic E-state index is -4.49. The lowest BCUT2D eigenvalue weighted by Gasteiger charge is -2.06. The molecule has 0 fully saturated rings. The van der Waals surface area contributed by atoms with Gasteiger partial charge in [0.25, 0.3) is 0 Å². The monoisotopic (exact) mass is 225 g/mol. The molecular weight excluding hydrogens is 217 g/mol. The lowest BCUT2D eigenvalue weighted by molar-refractivity contribution is -0.137. The molecule has 1 N–H and O–H groups in total. The van der Waals surface area contributed by atoms with Crippen molar-refractivity contribution in [2.45, 2.75) is 11.1 Å². The highest BCUT2D eigenvalue weighted by Gasteiger charge is 2.33. The molecule has 0 radical (unpaired) electrons. The van der Waals surface area contributed by atoms with Gasteiger partial charge in [0.1, 0.15) is 6.26 Å². The first kappa shape index (κ1) is 11.2. The Bertz CT molecular complexity index is 380. The van der Waals surface area contributed by atoms with Gasteiger partial charge in [-0.1, -0.05) is 10.3 Å². The summed E-state index contributed by atoms with van der Waals surface area (Å²) in [7, 11) is -3.34. The van der Waals surface area contributed by atoms with Crippen molar-refractivity contribution in [2.24, 2.45) is 0 Å². The molecule has 1 aromatic rings. The molecule has 14 heavy (non-hydrogen) atoms. The van der Waals surface area contributed by atoms with E-state index in [-0.39, 0.29) is 4.90 Å². The third kappa shape index (κ3) is 2.55. The SMILES string of the molecule is C[S+](=O)(O)c1cccc(C(F)(F)F)c1. The summed E-state index contributed by atoms with van der Waals surface area (Å²) in [5.41, 5.74) is -0.918. The van der Waals surface area contributed by atoms with Crippen LogP contribution in [0.25, 0.3) is 0 Å². The van der Waals surface area contributed by atoms with E-state index in [0.717, 1.165) is 18.4 Å². The van der Waals surface area contributed by atoms with Crippen molar-refractivity contribution in [3.05, 3.63) is 29.8 Å². The van der Waals surface area contributed by atoms with Crippen LogP contribution in [0.3, 0.4) is 0 Å². The fourth-order valence-electron chi connectivity index (χ4n) is 0.908. The number of hydrogen-bond acceptors (Lipinski definition) is 1. The van der Waals surface area contributed by atoms with Gasteiger partial charge in [0.2, 0.25) is 10.2 Å². The summed E-state index contributed by atoms with van der Waals surface area (Å²) in [6.45, 7) is 0. The lowest BCUT2D eigenvalue weighted by atomic mass is 10.2. The standard InChI is InChI=1S/C8H7F3O2S/c1-14(12,13)7-4-2-3-6(5-7)8(9,10)11/h2-5H,1H3/p+1. The molecule has 0 aromatic heterocycles. The molecular formula is C8H8F3O2S+. The maximum absolute atomic E-state index is 12.2. The van der Waals surface area contributed by atoms with E-state index in [1.807, 2.05) is 0 Å².